The van der Waals surface area contributed by atoms with Crippen molar-refractivity contribution < 1.29 is 14.7 Å². The van der Waals surface area contributed by atoms with Gasteiger partial charge in [-0.3, -0.25) is 4.79 Å². The van der Waals surface area contributed by atoms with Crippen molar-refractivity contribution in [2.75, 3.05) is 12.3 Å². The fourth-order valence-electron chi connectivity index (χ4n) is 2.45. The second kappa shape index (κ2) is 4.91. The third kappa shape index (κ3) is 2.41. The predicted octanol–water partition coefficient (Wildman–Crippen LogP) is 1.74. The van der Waals surface area contributed by atoms with Gasteiger partial charge in [0.2, 0.25) is 0 Å². The quantitative estimate of drug-likeness (QED) is 0.795. The lowest BCUT2D eigenvalue weighted by molar-refractivity contribution is -0.150. The summed E-state index contributed by atoms with van der Waals surface area (Å²) < 4.78 is 0. The van der Waals surface area contributed by atoms with Crippen LogP contribution < -0.4 is 5.73 Å². The van der Waals surface area contributed by atoms with Crippen LogP contribution in [0.3, 0.4) is 0 Å². The normalized spacial score (nSPS) is 23.1. The second-order valence-electron chi connectivity index (χ2n) is 5.11. The maximum Gasteiger partial charge on any atom is 0.329 e. The van der Waals surface area contributed by atoms with Gasteiger partial charge < -0.3 is 15.7 Å². The molecule has 102 valence electrons. The molecule has 1 atom stereocenters. The van der Waals surface area contributed by atoms with Crippen molar-refractivity contribution in [3.05, 3.63) is 29.8 Å². The Morgan fingerprint density at radius 3 is 2.47 bits per heavy atom. The molecule has 0 aliphatic carbocycles. The molecule has 3 N–H and O–H groups in total. The van der Waals surface area contributed by atoms with Gasteiger partial charge in [0.15, 0.2) is 0 Å². The Labute approximate surface area is 112 Å². The lowest BCUT2D eigenvalue weighted by Crippen LogP contribution is -2.57. The van der Waals surface area contributed by atoms with E-state index in [0.717, 1.165) is 12.8 Å². The molecule has 5 nitrogen and oxygen atoms in total. The number of rotatable bonds is 2. The number of carboxylic acids is 1. The second-order valence-corrected chi connectivity index (χ2v) is 5.11. The molecule has 5 heteroatoms. The number of hydrogen-bond acceptors (Lipinski definition) is 3. The Bertz CT molecular complexity index is 498. The number of nitrogens with two attached hydrogens (primary N) is 1. The zero-order valence-electron chi connectivity index (χ0n) is 10.9. The Kier molecular flexibility index (Phi) is 3.46. The molecule has 1 aromatic rings. The topological polar surface area (TPSA) is 83.6 Å². The van der Waals surface area contributed by atoms with Crippen LogP contribution in [0.25, 0.3) is 0 Å². The van der Waals surface area contributed by atoms with E-state index in [4.69, 9.17) is 5.73 Å². The van der Waals surface area contributed by atoms with Crippen LogP contribution in [0.4, 0.5) is 5.69 Å². The highest BCUT2D eigenvalue weighted by Gasteiger charge is 2.44. The zero-order valence-corrected chi connectivity index (χ0v) is 10.9. The molecule has 1 saturated heterocycles. The van der Waals surface area contributed by atoms with E-state index in [0.29, 0.717) is 24.2 Å². The van der Waals surface area contributed by atoms with Crippen LogP contribution in [0.1, 0.15) is 36.5 Å². The van der Waals surface area contributed by atoms with Crippen molar-refractivity contribution in [1.82, 2.24) is 4.90 Å². The maximum absolute atomic E-state index is 12.5. The molecule has 0 bridgehead atoms. The first kappa shape index (κ1) is 13.4. The van der Waals surface area contributed by atoms with Crippen LogP contribution in [-0.2, 0) is 4.79 Å². The van der Waals surface area contributed by atoms with Crippen LogP contribution in [0.5, 0.6) is 0 Å². The smallest absolute Gasteiger partial charge is 0.329 e. The number of carboxylic acid groups (broad SMARTS) is 1. The minimum atomic E-state index is -1.11. The molecule has 0 spiro atoms. The average Bonchev–Trinajstić information content (AvgIpc) is 2.39. The molecule has 1 aliphatic heterocycles. The summed E-state index contributed by atoms with van der Waals surface area (Å²) >= 11 is 0. The third-order valence-corrected chi connectivity index (χ3v) is 3.75. The Hall–Kier alpha value is -2.04. The van der Waals surface area contributed by atoms with Crippen molar-refractivity contribution in [2.45, 2.75) is 31.7 Å². The standard InChI is InChI=1S/C14H18N2O3/c1-14(13(18)19)8-2-3-9-16(14)12(17)10-4-6-11(15)7-5-10/h4-7H,2-3,8-9,15H2,1H3,(H,18,19). The summed E-state index contributed by atoms with van der Waals surface area (Å²) in [6, 6.07) is 6.56. The van der Waals surface area contributed by atoms with Gasteiger partial charge in [0.05, 0.1) is 0 Å². The van der Waals surface area contributed by atoms with Crippen molar-refractivity contribution >= 4 is 17.6 Å². The largest absolute Gasteiger partial charge is 0.480 e. The number of piperidine rings is 1. The van der Waals surface area contributed by atoms with E-state index in [9.17, 15) is 14.7 Å². The van der Waals surface area contributed by atoms with E-state index >= 15 is 0 Å². The van der Waals surface area contributed by atoms with E-state index in [1.807, 2.05) is 0 Å². The van der Waals surface area contributed by atoms with Gasteiger partial charge in [0.1, 0.15) is 5.54 Å². The number of amides is 1. The minimum Gasteiger partial charge on any atom is -0.480 e. The molecule has 0 aromatic heterocycles. The molecular weight excluding hydrogens is 244 g/mol. The highest BCUT2D eigenvalue weighted by molar-refractivity contribution is 5.98. The van der Waals surface area contributed by atoms with Crippen LogP contribution >= 0.6 is 0 Å². The fourth-order valence-corrected chi connectivity index (χ4v) is 2.45. The van der Waals surface area contributed by atoms with Gasteiger partial charge in [-0.15, -0.1) is 0 Å². The lowest BCUT2D eigenvalue weighted by atomic mass is 9.88. The van der Waals surface area contributed by atoms with Crippen molar-refractivity contribution in [1.29, 1.82) is 0 Å². The van der Waals surface area contributed by atoms with Crippen LogP contribution in [0.2, 0.25) is 0 Å². The molecule has 1 amide bonds. The summed E-state index contributed by atoms with van der Waals surface area (Å²) in [6.45, 7) is 2.09. The molecular formula is C14H18N2O3. The van der Waals surface area contributed by atoms with E-state index in [2.05, 4.69) is 0 Å². The number of carbonyl (C=O) groups is 2. The summed E-state index contributed by atoms with van der Waals surface area (Å²) in [7, 11) is 0. The first-order valence-electron chi connectivity index (χ1n) is 6.36. The van der Waals surface area contributed by atoms with Crippen LogP contribution in [0.15, 0.2) is 24.3 Å². The summed E-state index contributed by atoms with van der Waals surface area (Å²) in [6.07, 6.45) is 2.15. The Morgan fingerprint density at radius 2 is 1.89 bits per heavy atom. The van der Waals surface area contributed by atoms with E-state index in [-0.39, 0.29) is 5.91 Å². The molecule has 1 aromatic carbocycles. The predicted molar refractivity (Wildman–Crippen MR) is 71.8 cm³/mol. The molecule has 1 unspecified atom stereocenters. The SMILES string of the molecule is CC1(C(=O)O)CCCCN1C(=O)c1ccc(N)cc1. The van der Waals surface area contributed by atoms with Crippen molar-refractivity contribution in [3.63, 3.8) is 0 Å². The van der Waals surface area contributed by atoms with Crippen LogP contribution in [-0.4, -0.2) is 34.0 Å². The first-order valence-corrected chi connectivity index (χ1v) is 6.36. The van der Waals surface area contributed by atoms with Crippen LogP contribution in [0, 0.1) is 0 Å². The minimum absolute atomic E-state index is 0.246. The fraction of sp³-hybridized carbons (Fsp3) is 0.429. The first-order chi connectivity index (χ1) is 8.95. The number of nitrogens with zero attached hydrogens (tertiary/aromatic N) is 1. The van der Waals surface area contributed by atoms with E-state index in [1.54, 1.807) is 31.2 Å². The number of carbonyl (C=O) groups excluding carboxylic acids is 1. The third-order valence-electron chi connectivity index (χ3n) is 3.75. The molecule has 0 saturated carbocycles. The maximum atomic E-state index is 12.5. The molecule has 2 rings (SSSR count). The molecule has 1 aliphatic rings. The number of anilines is 1. The summed E-state index contributed by atoms with van der Waals surface area (Å²) in [5.41, 5.74) is 5.53. The Morgan fingerprint density at radius 1 is 1.26 bits per heavy atom. The highest BCUT2D eigenvalue weighted by Crippen LogP contribution is 2.29. The number of aliphatic carboxylic acids is 1. The van der Waals surface area contributed by atoms with Gasteiger partial charge in [-0.25, -0.2) is 4.79 Å². The van der Waals surface area contributed by atoms with Gasteiger partial charge in [-0.05, 0) is 50.5 Å². The summed E-state index contributed by atoms with van der Waals surface area (Å²) in [5, 5.41) is 9.39. The van der Waals surface area contributed by atoms with Gasteiger partial charge in [0.25, 0.3) is 5.91 Å². The van der Waals surface area contributed by atoms with Gasteiger partial charge >= 0.3 is 5.97 Å². The monoisotopic (exact) mass is 262 g/mol. The zero-order chi connectivity index (χ0) is 14.0. The van der Waals surface area contributed by atoms with Crippen molar-refractivity contribution in [3.8, 4) is 0 Å². The number of nitrogen functional groups attached to an aromatic ring is 1. The number of benzene rings is 1. The summed E-state index contributed by atoms with van der Waals surface area (Å²) in [5.74, 6) is -1.19. The Balaban J connectivity index is 2.30. The molecule has 1 fully saturated rings. The van der Waals surface area contributed by atoms with E-state index in [1.165, 1.54) is 4.90 Å². The molecule has 19 heavy (non-hydrogen) atoms. The lowest BCUT2D eigenvalue weighted by Gasteiger charge is -2.41. The van der Waals surface area contributed by atoms with Gasteiger partial charge in [-0.1, -0.05) is 0 Å². The number of hydrogen-bond donors (Lipinski definition) is 2. The van der Waals surface area contributed by atoms with Gasteiger partial charge in [-0.2, -0.15) is 0 Å². The average molecular weight is 262 g/mol. The van der Waals surface area contributed by atoms with E-state index < -0.39 is 11.5 Å². The summed E-state index contributed by atoms with van der Waals surface area (Å²) in [4.78, 5) is 25.4. The molecule has 1 heterocycles. The molecule has 0 radical (unpaired) electrons. The van der Waals surface area contributed by atoms with Gasteiger partial charge in [0, 0.05) is 17.8 Å². The highest BCUT2D eigenvalue weighted by atomic mass is 16.4. The van der Waals surface area contributed by atoms with Crippen molar-refractivity contribution in [2.24, 2.45) is 0 Å². The number of likely N-dealkylation sites (tertiary alicyclic amines) is 1.